The van der Waals surface area contributed by atoms with E-state index < -0.39 is 0 Å². The third-order valence-electron chi connectivity index (χ3n) is 4.17. The highest BCUT2D eigenvalue weighted by Crippen LogP contribution is 2.22. The van der Waals surface area contributed by atoms with Crippen molar-refractivity contribution in [3.63, 3.8) is 0 Å². The predicted octanol–water partition coefficient (Wildman–Crippen LogP) is 3.11. The zero-order chi connectivity index (χ0) is 18.7. The number of aryl methyl sites for hydroxylation is 2. The summed E-state index contributed by atoms with van der Waals surface area (Å²) in [6.07, 6.45) is 3.93. The van der Waals surface area contributed by atoms with Crippen molar-refractivity contribution >= 4 is 21.6 Å². The van der Waals surface area contributed by atoms with Crippen LogP contribution in [0.2, 0.25) is 0 Å². The summed E-state index contributed by atoms with van der Waals surface area (Å²) in [5.41, 5.74) is 0.411. The average molecular weight is 373 g/mol. The summed E-state index contributed by atoms with van der Waals surface area (Å²) < 4.78 is 7.05. The lowest BCUT2D eigenvalue weighted by atomic mass is 10.3. The van der Waals surface area contributed by atoms with E-state index in [2.05, 4.69) is 16.9 Å². The molecule has 1 N–H and O–H groups in total. The molecule has 0 aliphatic rings. The smallest absolute Gasteiger partial charge is 0.262 e. The Kier molecular flexibility index (Phi) is 5.56. The molecular formula is C19H23N3O3S. The third kappa shape index (κ3) is 3.58. The molecule has 0 amide bonds. The van der Waals surface area contributed by atoms with Gasteiger partial charge in [0.1, 0.15) is 10.7 Å². The Balaban J connectivity index is 2.00. The average Bonchev–Trinajstić information content (AvgIpc) is 3.06. The number of rotatable bonds is 7. The van der Waals surface area contributed by atoms with E-state index in [0.29, 0.717) is 29.9 Å². The Labute approximate surface area is 155 Å². The molecule has 0 aromatic carbocycles. The Morgan fingerprint density at radius 2 is 2.00 bits per heavy atom. The molecule has 3 aromatic rings. The van der Waals surface area contributed by atoms with Gasteiger partial charge in [0.05, 0.1) is 18.5 Å². The molecule has 0 aliphatic carbocycles. The molecule has 0 saturated heterocycles. The summed E-state index contributed by atoms with van der Waals surface area (Å²) in [5.74, 6) is 1.02. The maximum Gasteiger partial charge on any atom is 0.262 e. The van der Waals surface area contributed by atoms with Gasteiger partial charge in [-0.3, -0.25) is 14.2 Å². The van der Waals surface area contributed by atoms with Crippen molar-refractivity contribution in [1.29, 1.82) is 0 Å². The van der Waals surface area contributed by atoms with Gasteiger partial charge in [-0.25, -0.2) is 4.98 Å². The molecule has 3 rings (SSSR count). The van der Waals surface area contributed by atoms with E-state index in [-0.39, 0.29) is 17.5 Å². The van der Waals surface area contributed by atoms with Crippen LogP contribution in [0.4, 0.5) is 0 Å². The van der Waals surface area contributed by atoms with E-state index in [4.69, 9.17) is 4.74 Å². The molecule has 3 aromatic heterocycles. The molecule has 6 nitrogen and oxygen atoms in total. The van der Waals surface area contributed by atoms with Gasteiger partial charge >= 0.3 is 0 Å². The Hall–Kier alpha value is -2.41. The van der Waals surface area contributed by atoms with Gasteiger partial charge in [-0.05, 0) is 18.9 Å². The lowest BCUT2D eigenvalue weighted by Crippen LogP contribution is -2.26. The van der Waals surface area contributed by atoms with Gasteiger partial charge in [0.2, 0.25) is 5.43 Å². The summed E-state index contributed by atoms with van der Waals surface area (Å²) in [6.45, 7) is 6.81. The van der Waals surface area contributed by atoms with Gasteiger partial charge in [0, 0.05) is 29.3 Å². The quantitative estimate of drug-likeness (QED) is 0.690. The number of H-pyrrole nitrogens is 1. The minimum absolute atomic E-state index is 0.0602. The fraction of sp³-hybridized carbons (Fsp3) is 0.421. The van der Waals surface area contributed by atoms with Crippen LogP contribution in [0, 0.1) is 0 Å². The number of nitrogens with zero attached hydrogens (tertiary/aromatic N) is 2. The minimum atomic E-state index is -0.184. The van der Waals surface area contributed by atoms with E-state index in [9.17, 15) is 9.59 Å². The number of ether oxygens (including phenoxy) is 1. The van der Waals surface area contributed by atoms with Crippen molar-refractivity contribution < 1.29 is 4.74 Å². The highest BCUT2D eigenvalue weighted by molar-refractivity contribution is 7.18. The van der Waals surface area contributed by atoms with Gasteiger partial charge in [-0.2, -0.15) is 0 Å². The molecule has 0 radical (unpaired) electrons. The summed E-state index contributed by atoms with van der Waals surface area (Å²) in [5, 5.41) is 0.647. The van der Waals surface area contributed by atoms with Crippen molar-refractivity contribution in [2.24, 2.45) is 0 Å². The summed E-state index contributed by atoms with van der Waals surface area (Å²) >= 11 is 1.57. The molecule has 3 heterocycles. The monoisotopic (exact) mass is 373 g/mol. The van der Waals surface area contributed by atoms with E-state index >= 15 is 0 Å². The molecule has 7 heteroatoms. The van der Waals surface area contributed by atoms with Gasteiger partial charge in [0.15, 0.2) is 5.75 Å². The highest BCUT2D eigenvalue weighted by Gasteiger charge is 2.14. The van der Waals surface area contributed by atoms with Crippen LogP contribution in [0.5, 0.6) is 5.75 Å². The normalized spacial score (nSPS) is 11.2. The molecule has 138 valence electrons. The second-order valence-corrected chi connectivity index (χ2v) is 7.21. The van der Waals surface area contributed by atoms with Crippen molar-refractivity contribution in [2.75, 3.05) is 6.61 Å². The van der Waals surface area contributed by atoms with Crippen molar-refractivity contribution in [3.8, 4) is 5.75 Å². The maximum absolute atomic E-state index is 12.9. The van der Waals surface area contributed by atoms with Crippen LogP contribution >= 0.6 is 11.3 Å². The Morgan fingerprint density at radius 1 is 1.19 bits per heavy atom. The molecular weight excluding hydrogens is 350 g/mol. The fourth-order valence-electron chi connectivity index (χ4n) is 2.80. The topological polar surface area (TPSA) is 77.0 Å². The van der Waals surface area contributed by atoms with Crippen LogP contribution in [-0.2, 0) is 19.4 Å². The SMILES string of the molecule is CCCOc1c[nH]c(Cn2c(CC)nc3sc(CC)cc3c2=O)cc1=O. The second-order valence-electron chi connectivity index (χ2n) is 6.09. The van der Waals surface area contributed by atoms with Crippen LogP contribution in [0.3, 0.4) is 0 Å². The number of aromatic amines is 1. The Bertz CT molecular complexity index is 1030. The lowest BCUT2D eigenvalue weighted by Gasteiger charge is -2.11. The molecule has 0 spiro atoms. The van der Waals surface area contributed by atoms with Gasteiger partial charge in [-0.15, -0.1) is 11.3 Å². The molecule has 26 heavy (non-hydrogen) atoms. The van der Waals surface area contributed by atoms with E-state index in [1.165, 1.54) is 6.07 Å². The third-order valence-corrected chi connectivity index (χ3v) is 5.35. The summed E-state index contributed by atoms with van der Waals surface area (Å²) in [4.78, 5) is 34.8. The van der Waals surface area contributed by atoms with Gasteiger partial charge in [0.25, 0.3) is 5.56 Å². The number of thiophene rings is 1. The first-order valence-corrected chi connectivity index (χ1v) is 9.75. The predicted molar refractivity (Wildman–Crippen MR) is 105 cm³/mol. The van der Waals surface area contributed by atoms with Gasteiger partial charge in [-0.1, -0.05) is 20.8 Å². The molecule has 0 aliphatic heterocycles. The molecule has 0 bridgehead atoms. The van der Waals surface area contributed by atoms with Crippen molar-refractivity contribution in [3.05, 3.63) is 55.3 Å². The molecule has 0 fully saturated rings. The van der Waals surface area contributed by atoms with Crippen molar-refractivity contribution in [2.45, 2.75) is 46.6 Å². The molecule has 0 atom stereocenters. The summed E-state index contributed by atoms with van der Waals surface area (Å²) in [6, 6.07) is 3.42. The largest absolute Gasteiger partial charge is 0.488 e. The van der Waals surface area contributed by atoms with E-state index in [1.807, 2.05) is 19.9 Å². The number of hydrogen-bond acceptors (Lipinski definition) is 5. The molecule has 0 saturated carbocycles. The van der Waals surface area contributed by atoms with Crippen LogP contribution < -0.4 is 15.7 Å². The second kappa shape index (κ2) is 7.86. The maximum atomic E-state index is 12.9. The number of fused-ring (bicyclic) bond motifs is 1. The number of hydrogen-bond donors (Lipinski definition) is 1. The zero-order valence-corrected chi connectivity index (χ0v) is 16.1. The Morgan fingerprint density at radius 3 is 2.65 bits per heavy atom. The first-order chi connectivity index (χ1) is 12.6. The van der Waals surface area contributed by atoms with Crippen LogP contribution in [-0.4, -0.2) is 21.1 Å². The van der Waals surface area contributed by atoms with Gasteiger partial charge < -0.3 is 9.72 Å². The number of aromatic nitrogens is 3. The first-order valence-electron chi connectivity index (χ1n) is 8.93. The number of pyridine rings is 1. The minimum Gasteiger partial charge on any atom is -0.488 e. The molecule has 0 unspecified atom stereocenters. The zero-order valence-electron chi connectivity index (χ0n) is 15.3. The van der Waals surface area contributed by atoms with Crippen molar-refractivity contribution in [1.82, 2.24) is 14.5 Å². The van der Waals surface area contributed by atoms with E-state index in [1.54, 1.807) is 22.1 Å². The first kappa shape index (κ1) is 18.4. The number of nitrogens with one attached hydrogen (secondary N) is 1. The fourth-order valence-corrected chi connectivity index (χ4v) is 3.78. The van der Waals surface area contributed by atoms with Crippen LogP contribution in [0.25, 0.3) is 10.2 Å². The lowest BCUT2D eigenvalue weighted by molar-refractivity contribution is 0.313. The van der Waals surface area contributed by atoms with Crippen LogP contribution in [0.15, 0.2) is 27.9 Å². The highest BCUT2D eigenvalue weighted by atomic mass is 32.1. The summed E-state index contributed by atoms with van der Waals surface area (Å²) in [7, 11) is 0. The standard InChI is InChI=1S/C19H23N3O3S/c1-4-7-25-16-10-20-12(8-15(16)23)11-22-17(6-3)21-18-14(19(22)24)9-13(5-2)26-18/h8-10H,4-7,11H2,1-3H3,(H,20,23). The van der Waals surface area contributed by atoms with Crippen LogP contribution in [0.1, 0.15) is 43.6 Å². The van der Waals surface area contributed by atoms with E-state index in [0.717, 1.165) is 28.4 Å².